The molecule has 1 atom stereocenters. The van der Waals surface area contributed by atoms with Crippen LogP contribution in [0.2, 0.25) is 10.0 Å². The van der Waals surface area contributed by atoms with Crippen LogP contribution in [0.15, 0.2) is 42.5 Å². The first-order chi connectivity index (χ1) is 13.0. The Kier molecular flexibility index (Phi) is 8.72. The quantitative estimate of drug-likeness (QED) is 0.579. The van der Waals surface area contributed by atoms with Gasteiger partial charge in [-0.3, -0.25) is 4.79 Å². The van der Waals surface area contributed by atoms with Gasteiger partial charge in [-0.2, -0.15) is 0 Å². The van der Waals surface area contributed by atoms with Gasteiger partial charge < -0.3 is 19.9 Å². The summed E-state index contributed by atoms with van der Waals surface area (Å²) < 4.78 is 11.1. The van der Waals surface area contributed by atoms with Gasteiger partial charge in [0.2, 0.25) is 5.91 Å². The fourth-order valence-electron chi connectivity index (χ4n) is 2.29. The highest BCUT2D eigenvalue weighted by molar-refractivity contribution is 6.42. The molecule has 27 heavy (non-hydrogen) atoms. The monoisotopic (exact) mass is 411 g/mol. The number of para-hydroxylation sites is 1. The molecule has 7 heteroatoms. The summed E-state index contributed by atoms with van der Waals surface area (Å²) in [6.45, 7) is 2.52. The number of benzene rings is 2. The van der Waals surface area contributed by atoms with Crippen molar-refractivity contribution in [2.75, 3.05) is 19.8 Å². The van der Waals surface area contributed by atoms with E-state index in [1.54, 1.807) is 18.2 Å². The highest BCUT2D eigenvalue weighted by Crippen LogP contribution is 2.31. The Morgan fingerprint density at radius 2 is 1.85 bits per heavy atom. The van der Waals surface area contributed by atoms with Gasteiger partial charge in [0.1, 0.15) is 29.2 Å². The number of ether oxygens (including phenoxy) is 2. The Bertz CT molecular complexity index is 755. The summed E-state index contributed by atoms with van der Waals surface area (Å²) in [4.78, 5) is 11.8. The molecule has 0 bridgehead atoms. The molecule has 0 aliphatic carbocycles. The number of amides is 1. The van der Waals surface area contributed by atoms with E-state index in [4.69, 9.17) is 32.7 Å². The van der Waals surface area contributed by atoms with E-state index in [9.17, 15) is 9.90 Å². The van der Waals surface area contributed by atoms with Gasteiger partial charge in [-0.25, -0.2) is 0 Å². The van der Waals surface area contributed by atoms with Gasteiger partial charge in [-0.15, -0.1) is 0 Å². The zero-order chi connectivity index (χ0) is 19.6. The van der Waals surface area contributed by atoms with Gasteiger partial charge in [-0.05, 0) is 37.1 Å². The smallest absolute Gasteiger partial charge is 0.220 e. The zero-order valence-corrected chi connectivity index (χ0v) is 16.6. The van der Waals surface area contributed by atoms with Crippen molar-refractivity contribution < 1.29 is 19.4 Å². The van der Waals surface area contributed by atoms with Crippen molar-refractivity contribution in [1.82, 2.24) is 5.32 Å². The molecule has 0 radical (unpaired) electrons. The minimum Gasteiger partial charge on any atom is -0.493 e. The summed E-state index contributed by atoms with van der Waals surface area (Å²) in [6, 6.07) is 12.8. The van der Waals surface area contributed by atoms with Gasteiger partial charge in [0.15, 0.2) is 0 Å². The van der Waals surface area contributed by atoms with Crippen LogP contribution in [0.25, 0.3) is 0 Å². The van der Waals surface area contributed by atoms with Gasteiger partial charge >= 0.3 is 0 Å². The number of carbonyl (C=O) groups is 1. The Morgan fingerprint density at radius 3 is 2.63 bits per heavy atom. The number of rotatable bonds is 10. The highest BCUT2D eigenvalue weighted by Gasteiger charge is 2.11. The first kappa shape index (κ1) is 21.4. The van der Waals surface area contributed by atoms with Crippen LogP contribution in [0.3, 0.4) is 0 Å². The molecule has 2 aromatic carbocycles. The van der Waals surface area contributed by atoms with Gasteiger partial charge in [0, 0.05) is 13.0 Å². The molecule has 2 aromatic rings. The van der Waals surface area contributed by atoms with E-state index in [1.165, 1.54) is 0 Å². The Hall–Kier alpha value is -1.95. The molecule has 0 spiro atoms. The van der Waals surface area contributed by atoms with Crippen LogP contribution in [-0.4, -0.2) is 36.9 Å². The van der Waals surface area contributed by atoms with Crippen LogP contribution >= 0.6 is 23.2 Å². The van der Waals surface area contributed by atoms with Crippen LogP contribution in [0.1, 0.15) is 18.4 Å². The fourth-order valence-corrected chi connectivity index (χ4v) is 2.64. The molecule has 0 aliphatic rings. The van der Waals surface area contributed by atoms with Crippen molar-refractivity contribution in [2.45, 2.75) is 25.9 Å². The lowest BCUT2D eigenvalue weighted by atomic mass is 10.2. The average Bonchev–Trinajstić information content (AvgIpc) is 2.66. The van der Waals surface area contributed by atoms with E-state index in [1.807, 2.05) is 31.2 Å². The van der Waals surface area contributed by atoms with Crippen LogP contribution in [-0.2, 0) is 4.79 Å². The van der Waals surface area contributed by atoms with Crippen molar-refractivity contribution in [3.05, 3.63) is 58.1 Å². The first-order valence-electron chi connectivity index (χ1n) is 8.67. The molecule has 0 saturated carbocycles. The normalized spacial score (nSPS) is 11.7. The first-order valence-corrected chi connectivity index (χ1v) is 9.43. The van der Waals surface area contributed by atoms with E-state index in [0.29, 0.717) is 35.2 Å². The molecule has 0 aliphatic heterocycles. The molecular formula is C20H23Cl2NO4. The molecule has 5 nitrogen and oxygen atoms in total. The largest absolute Gasteiger partial charge is 0.493 e. The van der Waals surface area contributed by atoms with Gasteiger partial charge in [0.25, 0.3) is 0 Å². The summed E-state index contributed by atoms with van der Waals surface area (Å²) in [5.74, 6) is 1.07. The fraction of sp³-hybridized carbons (Fsp3) is 0.350. The second-order valence-electron chi connectivity index (χ2n) is 6.04. The second kappa shape index (κ2) is 11.0. The molecule has 2 N–H and O–H groups in total. The molecule has 0 fully saturated rings. The second-order valence-corrected chi connectivity index (χ2v) is 6.82. The van der Waals surface area contributed by atoms with Crippen LogP contribution < -0.4 is 14.8 Å². The Balaban J connectivity index is 1.60. The summed E-state index contributed by atoms with van der Waals surface area (Å²) in [5, 5.41) is 13.3. The summed E-state index contributed by atoms with van der Waals surface area (Å²) in [6.07, 6.45) is 0.0528. The van der Waals surface area contributed by atoms with Crippen LogP contribution in [0.5, 0.6) is 11.5 Å². The van der Waals surface area contributed by atoms with Crippen molar-refractivity contribution in [3.8, 4) is 11.5 Å². The summed E-state index contributed by atoms with van der Waals surface area (Å²) in [7, 11) is 0. The molecule has 0 heterocycles. The lowest BCUT2D eigenvalue weighted by molar-refractivity contribution is -0.121. The number of nitrogens with one attached hydrogen (secondary N) is 1. The molecular weight excluding hydrogens is 389 g/mol. The molecule has 2 rings (SSSR count). The van der Waals surface area contributed by atoms with Crippen molar-refractivity contribution >= 4 is 29.1 Å². The Morgan fingerprint density at radius 1 is 1.11 bits per heavy atom. The van der Waals surface area contributed by atoms with E-state index in [2.05, 4.69) is 5.32 Å². The van der Waals surface area contributed by atoms with Gasteiger partial charge in [-0.1, -0.05) is 47.5 Å². The SMILES string of the molecule is Cc1ccccc1OCCCC(=O)NCC(O)COc1cccc(Cl)c1Cl. The molecule has 1 unspecified atom stereocenters. The number of aliphatic hydroxyl groups is 1. The number of halogens is 2. The van der Waals surface area contributed by atoms with E-state index >= 15 is 0 Å². The average molecular weight is 412 g/mol. The maximum absolute atomic E-state index is 11.8. The van der Waals surface area contributed by atoms with Gasteiger partial charge in [0.05, 0.1) is 11.6 Å². The van der Waals surface area contributed by atoms with Crippen molar-refractivity contribution in [1.29, 1.82) is 0 Å². The topological polar surface area (TPSA) is 67.8 Å². The lowest BCUT2D eigenvalue weighted by Gasteiger charge is -2.14. The third-order valence-corrected chi connectivity index (χ3v) is 4.58. The van der Waals surface area contributed by atoms with E-state index < -0.39 is 6.10 Å². The standard InChI is InChI=1S/C20H23Cl2NO4/c1-14-6-2-3-8-17(14)26-11-5-10-19(25)23-12-15(24)13-27-18-9-4-7-16(21)20(18)22/h2-4,6-9,15,24H,5,10-13H2,1H3,(H,23,25). The summed E-state index contributed by atoms with van der Waals surface area (Å²) >= 11 is 11.9. The van der Waals surface area contributed by atoms with E-state index in [-0.39, 0.29) is 19.1 Å². The predicted octanol–water partition coefficient (Wildman–Crippen LogP) is 4.02. The number of carbonyl (C=O) groups excluding carboxylic acids is 1. The minimum absolute atomic E-state index is 0.00324. The molecule has 146 valence electrons. The van der Waals surface area contributed by atoms with Crippen molar-refractivity contribution in [3.63, 3.8) is 0 Å². The lowest BCUT2D eigenvalue weighted by Crippen LogP contribution is -2.35. The Labute approximate surface area is 169 Å². The number of aryl methyl sites for hydroxylation is 1. The molecule has 0 aromatic heterocycles. The number of hydrogen-bond acceptors (Lipinski definition) is 4. The number of hydrogen-bond donors (Lipinski definition) is 2. The minimum atomic E-state index is -0.854. The van der Waals surface area contributed by atoms with Crippen LogP contribution in [0, 0.1) is 6.92 Å². The molecule has 1 amide bonds. The summed E-state index contributed by atoms with van der Waals surface area (Å²) in [5.41, 5.74) is 1.06. The zero-order valence-electron chi connectivity index (χ0n) is 15.1. The van der Waals surface area contributed by atoms with Crippen LogP contribution in [0.4, 0.5) is 0 Å². The third-order valence-electron chi connectivity index (χ3n) is 3.78. The van der Waals surface area contributed by atoms with E-state index in [0.717, 1.165) is 11.3 Å². The highest BCUT2D eigenvalue weighted by atomic mass is 35.5. The predicted molar refractivity (Wildman–Crippen MR) is 107 cm³/mol. The third kappa shape index (κ3) is 7.29. The molecule has 0 saturated heterocycles. The number of aliphatic hydroxyl groups excluding tert-OH is 1. The van der Waals surface area contributed by atoms with Crippen molar-refractivity contribution in [2.24, 2.45) is 0 Å². The maximum atomic E-state index is 11.8. The maximum Gasteiger partial charge on any atom is 0.220 e.